The summed E-state index contributed by atoms with van der Waals surface area (Å²) in [7, 11) is 0. The third-order valence-corrected chi connectivity index (χ3v) is 6.46. The summed E-state index contributed by atoms with van der Waals surface area (Å²) in [5.41, 5.74) is 8.60. The lowest BCUT2D eigenvalue weighted by molar-refractivity contribution is -0.304. The maximum atomic E-state index is 5.31. The molecule has 0 spiro atoms. The molecule has 1 N–H and O–H groups in total. The van der Waals surface area contributed by atoms with Gasteiger partial charge in [0, 0.05) is 5.56 Å². The number of aryl methyl sites for hydroxylation is 3. The molecule has 0 heterocycles. The third-order valence-electron chi connectivity index (χ3n) is 6.46. The van der Waals surface area contributed by atoms with Gasteiger partial charge in [-0.25, -0.2) is 0 Å². The lowest BCUT2D eigenvalue weighted by Gasteiger charge is -2.17. The predicted octanol–water partition coefficient (Wildman–Crippen LogP) is 8.59. The molecule has 0 fully saturated rings. The van der Waals surface area contributed by atoms with Gasteiger partial charge in [0.2, 0.25) is 5.84 Å². The summed E-state index contributed by atoms with van der Waals surface area (Å²) in [6, 6.07) is 46.2. The fourth-order valence-electron chi connectivity index (χ4n) is 4.31. The maximum absolute atomic E-state index is 5.31. The Balaban J connectivity index is 1.86. The van der Waals surface area contributed by atoms with Crippen LogP contribution >= 0.6 is 0 Å². The van der Waals surface area contributed by atoms with Crippen LogP contribution in [0.4, 0.5) is 17.1 Å². The lowest BCUT2D eigenvalue weighted by Crippen LogP contribution is -2.31. The number of nitrogens with one attached hydrogen (secondary N) is 1. The van der Waals surface area contributed by atoms with Crippen LogP contribution in [0.2, 0.25) is 0 Å². The summed E-state index contributed by atoms with van der Waals surface area (Å²) in [6.07, 6.45) is 0. The van der Waals surface area contributed by atoms with Crippen molar-refractivity contribution >= 4 is 28.7 Å². The van der Waals surface area contributed by atoms with Crippen molar-refractivity contribution in [2.24, 2.45) is 4.99 Å². The molecule has 0 aliphatic carbocycles. The number of nitrogens with zero attached hydrogens (tertiary/aromatic N) is 2. The molecule has 0 aliphatic rings. The molecule has 0 bridgehead atoms. The molecule has 0 saturated heterocycles. The highest BCUT2D eigenvalue weighted by Crippen LogP contribution is 2.25. The molecular weight excluding hydrogens is 462 g/mol. The zero-order valence-corrected chi connectivity index (χ0v) is 22.1. The largest absolute Gasteiger partial charge is 0.275 e. The summed E-state index contributed by atoms with van der Waals surface area (Å²) in [5.74, 6) is 1.76. The molecule has 5 aromatic rings. The number of hydrogen-bond acceptors (Lipinski definition) is 1. The van der Waals surface area contributed by atoms with E-state index in [9.17, 15) is 0 Å². The van der Waals surface area contributed by atoms with Crippen molar-refractivity contribution in [3.8, 4) is 0 Å². The van der Waals surface area contributed by atoms with Gasteiger partial charge in [-0.05, 0) is 80.9 Å². The predicted molar refractivity (Wildman–Crippen MR) is 160 cm³/mol. The fraction of sp³-hybridized carbons (Fsp3) is 0.0857. The molecule has 0 amide bonds. The van der Waals surface area contributed by atoms with Crippen molar-refractivity contribution in [3.63, 3.8) is 0 Å². The number of para-hydroxylation sites is 1. The number of hydrogen-bond donors (Lipinski definition) is 1. The molecule has 3 heteroatoms. The molecule has 186 valence electrons. The second kappa shape index (κ2) is 11.5. The van der Waals surface area contributed by atoms with E-state index in [0.29, 0.717) is 0 Å². The average molecular weight is 495 g/mol. The summed E-state index contributed by atoms with van der Waals surface area (Å²) in [5, 5.41) is 3.75. The molecule has 0 saturated carbocycles. The molecule has 0 unspecified atom stereocenters. The van der Waals surface area contributed by atoms with Gasteiger partial charge in [0.05, 0.1) is 11.3 Å². The van der Waals surface area contributed by atoms with Crippen molar-refractivity contribution in [3.05, 3.63) is 161 Å². The second-order valence-corrected chi connectivity index (χ2v) is 9.46. The van der Waals surface area contributed by atoms with Gasteiger partial charge in [-0.3, -0.25) is 5.32 Å². The second-order valence-electron chi connectivity index (χ2n) is 9.46. The number of aliphatic imine (C=N–C) groups is 1. The Labute approximate surface area is 225 Å². The Hall–Kier alpha value is -4.76. The Bertz CT molecular complexity index is 1560. The van der Waals surface area contributed by atoms with Crippen LogP contribution in [-0.2, 0) is 0 Å². The normalized spacial score (nSPS) is 12.1. The smallest absolute Gasteiger partial charge is 0.272 e. The van der Waals surface area contributed by atoms with Gasteiger partial charge in [-0.2, -0.15) is 4.58 Å². The Morgan fingerprint density at radius 2 is 1.08 bits per heavy atom. The Kier molecular flexibility index (Phi) is 7.56. The topological polar surface area (TPSA) is 27.4 Å². The van der Waals surface area contributed by atoms with E-state index < -0.39 is 0 Å². The first-order chi connectivity index (χ1) is 18.6. The molecular formula is C35H32N3+. The minimum absolute atomic E-state index is 0.835. The van der Waals surface area contributed by atoms with Crippen LogP contribution in [0.1, 0.15) is 27.8 Å². The summed E-state index contributed by atoms with van der Waals surface area (Å²) >= 11 is 0. The first-order valence-corrected chi connectivity index (χ1v) is 12.9. The van der Waals surface area contributed by atoms with Gasteiger partial charge >= 0.3 is 0 Å². The van der Waals surface area contributed by atoms with Crippen molar-refractivity contribution in [2.75, 3.05) is 5.32 Å². The summed E-state index contributed by atoms with van der Waals surface area (Å²) in [6.45, 7) is 6.32. The van der Waals surface area contributed by atoms with Crippen LogP contribution in [-0.4, -0.2) is 16.2 Å². The average Bonchev–Trinajstić information content (AvgIpc) is 2.96. The highest BCUT2D eigenvalue weighted by molar-refractivity contribution is 6.10. The van der Waals surface area contributed by atoms with Gasteiger partial charge in [-0.1, -0.05) is 90.0 Å². The van der Waals surface area contributed by atoms with Crippen LogP contribution in [0, 0.1) is 20.8 Å². The molecule has 5 rings (SSSR count). The lowest BCUT2D eigenvalue weighted by atomic mass is 10.1. The van der Waals surface area contributed by atoms with Crippen molar-refractivity contribution < 1.29 is 4.58 Å². The van der Waals surface area contributed by atoms with Crippen LogP contribution in [0.5, 0.6) is 0 Å². The fourth-order valence-corrected chi connectivity index (χ4v) is 4.31. The van der Waals surface area contributed by atoms with Crippen LogP contribution < -0.4 is 5.32 Å². The van der Waals surface area contributed by atoms with E-state index in [1.54, 1.807) is 0 Å². The Morgan fingerprint density at radius 1 is 0.553 bits per heavy atom. The molecule has 0 aromatic heterocycles. The zero-order chi connectivity index (χ0) is 26.3. The molecule has 0 atom stereocenters. The number of anilines is 1. The van der Waals surface area contributed by atoms with Gasteiger partial charge in [-0.15, -0.1) is 4.99 Å². The first kappa shape index (κ1) is 24.9. The van der Waals surface area contributed by atoms with Gasteiger partial charge in [0.25, 0.3) is 5.84 Å². The third kappa shape index (κ3) is 5.79. The quantitative estimate of drug-likeness (QED) is 0.148. The SMILES string of the molecule is Cc1ccc(NC(c2ccccc2)=[N+](C(=Nc2ccccc2C)c2ccccc2)c2ccc(C)cc2)cc1. The number of rotatable bonds is 5. The van der Waals surface area contributed by atoms with Crippen molar-refractivity contribution in [2.45, 2.75) is 20.8 Å². The van der Waals surface area contributed by atoms with E-state index in [0.717, 1.165) is 45.4 Å². The minimum Gasteiger partial charge on any atom is -0.272 e. The van der Waals surface area contributed by atoms with Crippen LogP contribution in [0.3, 0.4) is 0 Å². The Morgan fingerprint density at radius 3 is 1.68 bits per heavy atom. The van der Waals surface area contributed by atoms with Gasteiger partial charge in [0.1, 0.15) is 11.4 Å². The zero-order valence-electron chi connectivity index (χ0n) is 22.1. The maximum Gasteiger partial charge on any atom is 0.275 e. The minimum atomic E-state index is 0.835. The van der Waals surface area contributed by atoms with E-state index in [4.69, 9.17) is 4.99 Å². The number of benzene rings is 5. The van der Waals surface area contributed by atoms with E-state index in [1.807, 2.05) is 18.2 Å². The van der Waals surface area contributed by atoms with E-state index >= 15 is 0 Å². The molecule has 5 aromatic carbocycles. The van der Waals surface area contributed by atoms with E-state index in [2.05, 4.69) is 146 Å². The van der Waals surface area contributed by atoms with Crippen molar-refractivity contribution in [1.29, 1.82) is 0 Å². The molecule has 3 nitrogen and oxygen atoms in total. The number of amidine groups is 2. The van der Waals surface area contributed by atoms with E-state index in [-0.39, 0.29) is 0 Å². The van der Waals surface area contributed by atoms with E-state index in [1.165, 1.54) is 11.1 Å². The highest BCUT2D eigenvalue weighted by Gasteiger charge is 2.25. The van der Waals surface area contributed by atoms with Gasteiger partial charge in [0.15, 0.2) is 0 Å². The molecule has 0 radical (unpaired) electrons. The monoisotopic (exact) mass is 494 g/mol. The first-order valence-electron chi connectivity index (χ1n) is 12.9. The summed E-state index contributed by atoms with van der Waals surface area (Å²) in [4.78, 5) is 5.31. The summed E-state index contributed by atoms with van der Waals surface area (Å²) < 4.78 is 2.23. The standard InChI is InChI=1S/C35H31N3/c1-26-18-22-31(23-19-26)36-34(29-13-6-4-7-14-29)38(32-24-20-27(2)21-25-32)35(30-15-8-5-9-16-30)37-33-17-11-10-12-28(33)3/h4-25H,1-3H3/p+1. The van der Waals surface area contributed by atoms with Gasteiger partial charge < -0.3 is 0 Å². The molecule has 0 aliphatic heterocycles. The highest BCUT2D eigenvalue weighted by atomic mass is 15.2. The van der Waals surface area contributed by atoms with Crippen LogP contribution in [0.25, 0.3) is 0 Å². The van der Waals surface area contributed by atoms with Crippen LogP contribution in [0.15, 0.2) is 138 Å². The van der Waals surface area contributed by atoms with Crippen molar-refractivity contribution in [1.82, 2.24) is 0 Å². The molecule has 38 heavy (non-hydrogen) atoms.